The van der Waals surface area contributed by atoms with Crippen molar-refractivity contribution in [2.75, 3.05) is 20.2 Å². The van der Waals surface area contributed by atoms with Crippen molar-refractivity contribution < 1.29 is 9.53 Å². The maximum atomic E-state index is 12.3. The molecule has 2 N–H and O–H groups in total. The number of amides is 1. The lowest BCUT2D eigenvalue weighted by Crippen LogP contribution is -2.49. The lowest BCUT2D eigenvalue weighted by molar-refractivity contribution is -0.133. The van der Waals surface area contributed by atoms with Gasteiger partial charge in [-0.2, -0.15) is 0 Å². The van der Waals surface area contributed by atoms with Gasteiger partial charge in [-0.25, -0.2) is 0 Å². The topological polar surface area (TPSA) is 50.4 Å². The molecule has 2 atom stereocenters. The van der Waals surface area contributed by atoms with E-state index in [9.17, 15) is 4.79 Å². The monoisotopic (exact) mass is 240 g/mol. The minimum atomic E-state index is -0.154. The molecule has 98 valence electrons. The van der Waals surface area contributed by atoms with Crippen LogP contribution in [-0.4, -0.2) is 38.3 Å². The summed E-state index contributed by atoms with van der Waals surface area (Å²) in [6.07, 6.45) is 5.80. The van der Waals surface area contributed by atoms with Crippen LogP contribution in [0.5, 0.6) is 0 Å². The van der Waals surface area contributed by atoms with E-state index in [1.54, 1.807) is 7.11 Å². The van der Waals surface area contributed by atoms with Crippen LogP contribution in [0.15, 0.2) is 0 Å². The summed E-state index contributed by atoms with van der Waals surface area (Å²) in [5.41, 5.74) is -0.154. The Balaban J connectivity index is 1.91. The highest BCUT2D eigenvalue weighted by Crippen LogP contribution is 2.36. The van der Waals surface area contributed by atoms with E-state index < -0.39 is 0 Å². The van der Waals surface area contributed by atoms with Crippen molar-refractivity contribution >= 4 is 5.91 Å². The predicted molar refractivity (Wildman–Crippen MR) is 66.8 cm³/mol. The molecule has 4 heteroatoms. The molecular weight excluding hydrogens is 216 g/mol. The highest BCUT2D eigenvalue weighted by molar-refractivity contribution is 5.82. The van der Waals surface area contributed by atoms with E-state index in [2.05, 4.69) is 17.6 Å². The SMILES string of the molecule is CO[C@H]1CNCC1NC(=O)C1(C)CCCCC1. The zero-order valence-corrected chi connectivity index (χ0v) is 10.9. The van der Waals surface area contributed by atoms with Crippen molar-refractivity contribution in [2.24, 2.45) is 5.41 Å². The molecule has 1 amide bonds. The zero-order valence-electron chi connectivity index (χ0n) is 10.9. The van der Waals surface area contributed by atoms with Crippen LogP contribution >= 0.6 is 0 Å². The van der Waals surface area contributed by atoms with Gasteiger partial charge in [0, 0.05) is 25.6 Å². The molecule has 1 aliphatic carbocycles. The largest absolute Gasteiger partial charge is 0.378 e. The van der Waals surface area contributed by atoms with Gasteiger partial charge in [-0.1, -0.05) is 26.2 Å². The summed E-state index contributed by atoms with van der Waals surface area (Å²) in [7, 11) is 1.71. The first-order valence-electron chi connectivity index (χ1n) is 6.70. The van der Waals surface area contributed by atoms with Crippen LogP contribution in [0, 0.1) is 5.41 Å². The number of hydrogen-bond acceptors (Lipinski definition) is 3. The van der Waals surface area contributed by atoms with Crippen molar-refractivity contribution in [3.63, 3.8) is 0 Å². The normalized spacial score (nSPS) is 32.4. The van der Waals surface area contributed by atoms with E-state index in [0.717, 1.165) is 25.9 Å². The first-order valence-corrected chi connectivity index (χ1v) is 6.70. The standard InChI is InChI=1S/C13H24N2O2/c1-13(6-4-3-5-7-13)12(16)15-10-8-14-9-11(10)17-2/h10-11,14H,3-9H2,1-2H3,(H,15,16)/t10?,11-/m0/s1. The molecule has 2 rings (SSSR count). The predicted octanol–water partition coefficient (Wildman–Crippen LogP) is 1.06. The van der Waals surface area contributed by atoms with Crippen molar-refractivity contribution in [3.05, 3.63) is 0 Å². The highest BCUT2D eigenvalue weighted by Gasteiger charge is 2.37. The number of methoxy groups -OCH3 is 1. The molecule has 0 aromatic rings. The second-order valence-corrected chi connectivity index (χ2v) is 5.63. The van der Waals surface area contributed by atoms with Crippen LogP contribution in [-0.2, 0) is 9.53 Å². The average Bonchev–Trinajstić information content (AvgIpc) is 2.77. The molecule has 2 fully saturated rings. The number of carbonyl (C=O) groups excluding carboxylic acids is 1. The molecular formula is C13H24N2O2. The molecule has 1 unspecified atom stereocenters. The third-order valence-corrected chi connectivity index (χ3v) is 4.28. The molecule has 0 radical (unpaired) electrons. The Bertz CT molecular complexity index is 275. The number of carbonyl (C=O) groups is 1. The van der Waals surface area contributed by atoms with E-state index in [-0.39, 0.29) is 23.5 Å². The summed E-state index contributed by atoms with van der Waals surface area (Å²) in [6, 6.07) is 0.131. The summed E-state index contributed by atoms with van der Waals surface area (Å²) >= 11 is 0. The summed E-state index contributed by atoms with van der Waals surface area (Å²) in [6.45, 7) is 3.75. The third-order valence-electron chi connectivity index (χ3n) is 4.28. The lowest BCUT2D eigenvalue weighted by Gasteiger charge is -2.33. The molecule has 1 heterocycles. The number of rotatable bonds is 3. The molecule has 2 aliphatic rings. The van der Waals surface area contributed by atoms with E-state index in [0.29, 0.717) is 0 Å². The Labute approximate surface area is 103 Å². The van der Waals surface area contributed by atoms with Crippen molar-refractivity contribution in [1.29, 1.82) is 0 Å². The fraction of sp³-hybridized carbons (Fsp3) is 0.923. The molecule has 1 aliphatic heterocycles. The Morgan fingerprint density at radius 2 is 2.00 bits per heavy atom. The molecule has 0 bridgehead atoms. The second-order valence-electron chi connectivity index (χ2n) is 5.63. The van der Waals surface area contributed by atoms with Crippen molar-refractivity contribution in [2.45, 2.75) is 51.2 Å². The molecule has 0 aromatic heterocycles. The summed E-state index contributed by atoms with van der Waals surface area (Å²) in [5, 5.41) is 6.42. The fourth-order valence-electron chi connectivity index (χ4n) is 2.95. The Morgan fingerprint density at radius 3 is 2.65 bits per heavy atom. The minimum absolute atomic E-state index is 0.117. The maximum Gasteiger partial charge on any atom is 0.226 e. The van der Waals surface area contributed by atoms with Crippen molar-refractivity contribution in [3.8, 4) is 0 Å². The highest BCUT2D eigenvalue weighted by atomic mass is 16.5. The first-order chi connectivity index (χ1) is 8.15. The van der Waals surface area contributed by atoms with Crippen LogP contribution in [0.2, 0.25) is 0 Å². The van der Waals surface area contributed by atoms with Gasteiger partial charge in [-0.15, -0.1) is 0 Å². The van der Waals surface area contributed by atoms with E-state index >= 15 is 0 Å². The van der Waals surface area contributed by atoms with Gasteiger partial charge in [0.25, 0.3) is 0 Å². The third kappa shape index (κ3) is 2.80. The van der Waals surface area contributed by atoms with E-state index in [1.807, 2.05) is 0 Å². The van der Waals surface area contributed by atoms with Crippen LogP contribution in [0.3, 0.4) is 0 Å². The van der Waals surface area contributed by atoms with Crippen LogP contribution in [0.1, 0.15) is 39.0 Å². The van der Waals surface area contributed by atoms with Gasteiger partial charge >= 0.3 is 0 Å². The fourth-order valence-corrected chi connectivity index (χ4v) is 2.95. The van der Waals surface area contributed by atoms with E-state index in [1.165, 1.54) is 19.3 Å². The minimum Gasteiger partial charge on any atom is -0.378 e. The maximum absolute atomic E-state index is 12.3. The quantitative estimate of drug-likeness (QED) is 0.775. The van der Waals surface area contributed by atoms with Gasteiger partial charge < -0.3 is 15.4 Å². The number of nitrogens with one attached hydrogen (secondary N) is 2. The van der Waals surface area contributed by atoms with Gasteiger partial charge in [0.1, 0.15) is 0 Å². The summed E-state index contributed by atoms with van der Waals surface area (Å²) < 4.78 is 5.37. The van der Waals surface area contributed by atoms with Gasteiger partial charge in [-0.3, -0.25) is 4.79 Å². The van der Waals surface area contributed by atoms with Gasteiger partial charge in [0.15, 0.2) is 0 Å². The Hall–Kier alpha value is -0.610. The first kappa shape index (κ1) is 12.8. The zero-order chi connectivity index (χ0) is 12.3. The lowest BCUT2D eigenvalue weighted by atomic mass is 9.75. The Kier molecular flexibility index (Phi) is 4.05. The van der Waals surface area contributed by atoms with Crippen LogP contribution in [0.4, 0.5) is 0 Å². The van der Waals surface area contributed by atoms with Gasteiger partial charge in [-0.05, 0) is 12.8 Å². The summed E-state index contributed by atoms with van der Waals surface area (Å²) in [4.78, 5) is 12.3. The van der Waals surface area contributed by atoms with Crippen LogP contribution in [0.25, 0.3) is 0 Å². The molecule has 1 saturated carbocycles. The second kappa shape index (κ2) is 5.36. The molecule has 4 nitrogen and oxygen atoms in total. The smallest absolute Gasteiger partial charge is 0.226 e. The van der Waals surface area contributed by atoms with Gasteiger partial charge in [0.2, 0.25) is 5.91 Å². The number of ether oxygens (including phenoxy) is 1. The summed E-state index contributed by atoms with van der Waals surface area (Å²) in [5.74, 6) is 0.216. The Morgan fingerprint density at radius 1 is 1.29 bits per heavy atom. The molecule has 0 spiro atoms. The average molecular weight is 240 g/mol. The molecule has 0 aromatic carbocycles. The van der Waals surface area contributed by atoms with Crippen LogP contribution < -0.4 is 10.6 Å². The van der Waals surface area contributed by atoms with E-state index in [4.69, 9.17) is 4.74 Å². The number of hydrogen-bond donors (Lipinski definition) is 2. The molecule has 1 saturated heterocycles. The van der Waals surface area contributed by atoms with Gasteiger partial charge in [0.05, 0.1) is 12.1 Å². The van der Waals surface area contributed by atoms with Crippen molar-refractivity contribution in [1.82, 2.24) is 10.6 Å². The molecule has 17 heavy (non-hydrogen) atoms.